The summed E-state index contributed by atoms with van der Waals surface area (Å²) >= 11 is 0. The minimum Gasteiger partial charge on any atom is -0.480 e. The van der Waals surface area contributed by atoms with E-state index in [0.717, 1.165) is 12.5 Å². The molecule has 1 amide bonds. The summed E-state index contributed by atoms with van der Waals surface area (Å²) in [6.07, 6.45) is -10.4. The van der Waals surface area contributed by atoms with Crippen LogP contribution in [0.15, 0.2) is 35.1 Å². The van der Waals surface area contributed by atoms with Crippen molar-refractivity contribution in [3.05, 3.63) is 69.1 Å². The van der Waals surface area contributed by atoms with Gasteiger partial charge in [0.05, 0.1) is 16.8 Å². The Kier molecular flexibility index (Phi) is 7.01. The molecule has 4 rings (SSSR count). The van der Waals surface area contributed by atoms with Gasteiger partial charge in [0, 0.05) is 19.0 Å². The summed E-state index contributed by atoms with van der Waals surface area (Å²) in [5.41, 5.74) is -3.97. The number of anilines is 1. The first-order valence-electron chi connectivity index (χ1n) is 11.4. The number of carbonyl (C=O) groups excluding carboxylic acids is 1. The van der Waals surface area contributed by atoms with E-state index < -0.39 is 64.1 Å². The fraction of sp³-hybridized carbons (Fsp3) is 0.375. The van der Waals surface area contributed by atoms with Crippen LogP contribution in [0.2, 0.25) is 0 Å². The fourth-order valence-corrected chi connectivity index (χ4v) is 4.04. The minimum absolute atomic E-state index is 0.00605. The Labute approximate surface area is 210 Å². The Balaban J connectivity index is 1.82. The average Bonchev–Trinajstić information content (AvgIpc) is 3.16. The Morgan fingerprint density at radius 3 is 2.47 bits per heavy atom. The number of halogens is 7. The number of aryl methyl sites for hydroxylation is 2. The molecule has 0 saturated carbocycles. The first kappa shape index (κ1) is 27.2. The number of hydrogen-bond acceptors (Lipinski definition) is 4. The second kappa shape index (κ2) is 9.80. The van der Waals surface area contributed by atoms with Crippen molar-refractivity contribution in [3.8, 4) is 11.4 Å². The molecule has 0 bridgehead atoms. The zero-order valence-electron chi connectivity index (χ0n) is 20.0. The highest BCUT2D eigenvalue weighted by molar-refractivity contribution is 6.07. The van der Waals surface area contributed by atoms with Crippen molar-refractivity contribution in [2.24, 2.45) is 0 Å². The second-order valence-corrected chi connectivity index (χ2v) is 8.77. The maximum absolute atomic E-state index is 15.2. The first-order valence-corrected chi connectivity index (χ1v) is 11.4. The quantitative estimate of drug-likeness (QED) is 0.434. The van der Waals surface area contributed by atoms with Crippen LogP contribution in [0.1, 0.15) is 47.1 Å². The van der Waals surface area contributed by atoms with E-state index in [1.807, 2.05) is 5.32 Å². The van der Waals surface area contributed by atoms with Crippen molar-refractivity contribution in [2.75, 3.05) is 5.32 Å². The molecule has 0 aliphatic carbocycles. The number of amides is 1. The van der Waals surface area contributed by atoms with E-state index in [9.17, 15) is 35.9 Å². The van der Waals surface area contributed by atoms with E-state index in [-0.39, 0.29) is 5.56 Å². The standard InChI is InChI=1S/C24H21F7N4O3/c1-12-6-5-7-15(24(29,30)31)20(12)32-21(36)14-10-16(25)17(11-18(14)38-13(2)23(26,27)28)35-22(37)34-9-4-3-8-19(34)33-35/h5-7,10-11,13H,3-4,8-9H2,1-2H3,(H,32,36)/t13-/m0/s1. The van der Waals surface area contributed by atoms with Crippen LogP contribution in [0.4, 0.5) is 36.4 Å². The van der Waals surface area contributed by atoms with Crippen LogP contribution in [0, 0.1) is 12.7 Å². The molecule has 0 radical (unpaired) electrons. The number of aromatic nitrogens is 3. The molecule has 38 heavy (non-hydrogen) atoms. The van der Waals surface area contributed by atoms with Gasteiger partial charge in [0.15, 0.2) is 6.10 Å². The second-order valence-electron chi connectivity index (χ2n) is 8.77. The Hall–Kier alpha value is -3.84. The molecule has 1 aliphatic heterocycles. The van der Waals surface area contributed by atoms with Gasteiger partial charge < -0.3 is 10.1 Å². The lowest BCUT2D eigenvalue weighted by atomic mass is 10.1. The first-order chi connectivity index (χ1) is 17.7. The molecule has 1 atom stereocenters. The number of benzene rings is 2. The molecule has 1 aliphatic rings. The SMILES string of the molecule is Cc1cccc(C(F)(F)F)c1NC(=O)c1cc(F)c(-n2nc3n(c2=O)CCCC3)cc1O[C@@H](C)C(F)(F)F. The van der Waals surface area contributed by atoms with Gasteiger partial charge in [-0.25, -0.2) is 9.18 Å². The van der Waals surface area contributed by atoms with E-state index >= 15 is 4.39 Å². The predicted molar refractivity (Wildman–Crippen MR) is 121 cm³/mol. The third kappa shape index (κ3) is 5.24. The van der Waals surface area contributed by atoms with Crippen molar-refractivity contribution in [3.63, 3.8) is 0 Å². The summed E-state index contributed by atoms with van der Waals surface area (Å²) in [4.78, 5) is 25.8. The third-order valence-corrected chi connectivity index (χ3v) is 6.07. The maximum Gasteiger partial charge on any atom is 0.425 e. The maximum atomic E-state index is 15.2. The van der Waals surface area contributed by atoms with Crippen molar-refractivity contribution in [1.29, 1.82) is 0 Å². The molecular weight excluding hydrogens is 525 g/mol. The summed E-state index contributed by atoms with van der Waals surface area (Å²) in [7, 11) is 0. The molecule has 1 aromatic heterocycles. The molecule has 0 spiro atoms. The molecular formula is C24H21F7N4O3. The number of para-hydroxylation sites is 1. The Morgan fingerprint density at radius 2 is 1.84 bits per heavy atom. The van der Waals surface area contributed by atoms with Crippen LogP contribution < -0.4 is 15.7 Å². The molecule has 1 N–H and O–H groups in total. The number of ether oxygens (including phenoxy) is 1. The number of hydrogen-bond donors (Lipinski definition) is 1. The highest BCUT2D eigenvalue weighted by Crippen LogP contribution is 2.37. The summed E-state index contributed by atoms with van der Waals surface area (Å²) in [6.45, 7) is 2.24. The van der Waals surface area contributed by atoms with E-state index in [2.05, 4.69) is 5.10 Å². The lowest BCUT2D eigenvalue weighted by Gasteiger charge is -2.21. The number of rotatable bonds is 5. The van der Waals surface area contributed by atoms with Crippen LogP contribution in [0.5, 0.6) is 5.75 Å². The van der Waals surface area contributed by atoms with Gasteiger partial charge in [-0.15, -0.1) is 5.10 Å². The molecule has 0 unspecified atom stereocenters. The largest absolute Gasteiger partial charge is 0.480 e. The van der Waals surface area contributed by atoms with E-state index in [0.29, 0.717) is 55.0 Å². The fourth-order valence-electron chi connectivity index (χ4n) is 4.04. The van der Waals surface area contributed by atoms with Crippen LogP contribution in [0.3, 0.4) is 0 Å². The molecule has 2 heterocycles. The van der Waals surface area contributed by atoms with Crippen molar-refractivity contribution in [2.45, 2.75) is 58.1 Å². The summed E-state index contributed by atoms with van der Waals surface area (Å²) in [5.74, 6) is -3.02. The van der Waals surface area contributed by atoms with Gasteiger partial charge in [-0.2, -0.15) is 31.0 Å². The molecule has 0 saturated heterocycles. The number of nitrogens with zero attached hydrogens (tertiary/aromatic N) is 3. The van der Waals surface area contributed by atoms with Crippen molar-refractivity contribution >= 4 is 11.6 Å². The van der Waals surface area contributed by atoms with Crippen LogP contribution >= 0.6 is 0 Å². The molecule has 7 nitrogen and oxygen atoms in total. The summed E-state index contributed by atoms with van der Waals surface area (Å²) < 4.78 is 102. The zero-order chi connectivity index (χ0) is 28.0. The number of nitrogens with one attached hydrogen (secondary N) is 1. The third-order valence-electron chi connectivity index (χ3n) is 6.07. The number of alkyl halides is 6. The summed E-state index contributed by atoms with van der Waals surface area (Å²) in [5, 5.41) is 6.08. The van der Waals surface area contributed by atoms with Gasteiger partial charge in [-0.1, -0.05) is 12.1 Å². The molecule has 204 valence electrons. The monoisotopic (exact) mass is 546 g/mol. The van der Waals surface area contributed by atoms with Crippen molar-refractivity contribution in [1.82, 2.24) is 14.3 Å². The van der Waals surface area contributed by atoms with E-state index in [1.54, 1.807) is 0 Å². The lowest BCUT2D eigenvalue weighted by molar-refractivity contribution is -0.189. The Morgan fingerprint density at radius 1 is 1.13 bits per heavy atom. The zero-order valence-corrected chi connectivity index (χ0v) is 20.0. The normalized spacial score (nSPS) is 14.7. The van der Waals surface area contributed by atoms with Gasteiger partial charge in [0.2, 0.25) is 0 Å². The molecule has 14 heteroatoms. The lowest BCUT2D eigenvalue weighted by Crippen LogP contribution is -2.32. The van der Waals surface area contributed by atoms with Crippen LogP contribution in [0.25, 0.3) is 5.69 Å². The molecule has 0 fully saturated rings. The number of carbonyl (C=O) groups is 1. The van der Waals surface area contributed by atoms with E-state index in [1.165, 1.54) is 17.6 Å². The van der Waals surface area contributed by atoms with Gasteiger partial charge in [-0.3, -0.25) is 9.36 Å². The molecule has 3 aromatic rings. The van der Waals surface area contributed by atoms with Crippen LogP contribution in [-0.2, 0) is 19.1 Å². The molecule has 2 aromatic carbocycles. The van der Waals surface area contributed by atoms with Crippen molar-refractivity contribution < 1.29 is 40.3 Å². The smallest absolute Gasteiger partial charge is 0.425 e. The van der Waals surface area contributed by atoms with Gasteiger partial charge in [-0.05, 0) is 44.4 Å². The average molecular weight is 546 g/mol. The minimum atomic E-state index is -4.90. The van der Waals surface area contributed by atoms with Gasteiger partial charge in [0.25, 0.3) is 5.91 Å². The topological polar surface area (TPSA) is 78.2 Å². The van der Waals surface area contributed by atoms with Gasteiger partial charge in [0.1, 0.15) is 23.1 Å². The highest BCUT2D eigenvalue weighted by Gasteiger charge is 2.39. The predicted octanol–water partition coefficient (Wildman–Crippen LogP) is 5.42. The van der Waals surface area contributed by atoms with Gasteiger partial charge >= 0.3 is 18.0 Å². The number of fused-ring (bicyclic) bond motifs is 1. The summed E-state index contributed by atoms with van der Waals surface area (Å²) in [6, 6.07) is 4.31. The van der Waals surface area contributed by atoms with E-state index in [4.69, 9.17) is 4.74 Å². The Bertz CT molecular complexity index is 1440. The highest BCUT2D eigenvalue weighted by atomic mass is 19.4. The van der Waals surface area contributed by atoms with Crippen LogP contribution in [-0.4, -0.2) is 32.5 Å².